The fraction of sp³-hybridized carbons (Fsp3) is 0.0526. The van der Waals surface area contributed by atoms with E-state index in [0.29, 0.717) is 21.3 Å². The van der Waals surface area contributed by atoms with Gasteiger partial charge in [0.1, 0.15) is 0 Å². The Bertz CT molecular complexity index is 1070. The monoisotopic (exact) mass is 459 g/mol. The second-order valence-corrected chi connectivity index (χ2v) is 9.16. The van der Waals surface area contributed by atoms with Crippen LogP contribution in [0.4, 0.5) is 5.69 Å². The minimum absolute atomic E-state index is 0.0424. The van der Waals surface area contributed by atoms with E-state index in [1.807, 2.05) is 6.07 Å². The van der Waals surface area contributed by atoms with Crippen LogP contribution < -0.4 is 4.31 Å². The Kier molecular flexibility index (Phi) is 6.24. The van der Waals surface area contributed by atoms with Crippen molar-refractivity contribution in [2.45, 2.75) is 11.4 Å². The molecule has 0 aliphatic heterocycles. The van der Waals surface area contributed by atoms with Crippen molar-refractivity contribution in [3.63, 3.8) is 0 Å². The maximum absolute atomic E-state index is 13.3. The third kappa shape index (κ3) is 4.53. The molecule has 0 aliphatic rings. The second-order valence-electron chi connectivity index (χ2n) is 5.67. The molecule has 27 heavy (non-hydrogen) atoms. The van der Waals surface area contributed by atoms with E-state index in [0.717, 1.165) is 0 Å². The van der Waals surface area contributed by atoms with Gasteiger partial charge in [0.25, 0.3) is 10.0 Å². The van der Waals surface area contributed by atoms with E-state index < -0.39 is 10.0 Å². The largest absolute Gasteiger partial charge is 0.264 e. The first-order chi connectivity index (χ1) is 12.8. The average molecular weight is 461 g/mol. The van der Waals surface area contributed by atoms with E-state index in [9.17, 15) is 8.42 Å². The molecule has 3 nitrogen and oxygen atoms in total. The Morgan fingerprint density at radius 1 is 0.704 bits per heavy atom. The molecule has 140 valence electrons. The van der Waals surface area contributed by atoms with Crippen LogP contribution in [0.3, 0.4) is 0 Å². The smallest absolute Gasteiger partial charge is 0.262 e. The molecule has 0 unspecified atom stereocenters. The lowest BCUT2D eigenvalue weighted by atomic mass is 10.2. The molecule has 0 fully saturated rings. The molecular weight excluding hydrogens is 448 g/mol. The zero-order valence-electron chi connectivity index (χ0n) is 13.7. The van der Waals surface area contributed by atoms with Crippen molar-refractivity contribution < 1.29 is 8.42 Å². The zero-order chi connectivity index (χ0) is 19.6. The van der Waals surface area contributed by atoms with Crippen LogP contribution in [0.1, 0.15) is 5.56 Å². The Balaban J connectivity index is 2.08. The summed E-state index contributed by atoms with van der Waals surface area (Å²) in [4.78, 5) is 0.0424. The van der Waals surface area contributed by atoms with Gasteiger partial charge >= 0.3 is 0 Å². The van der Waals surface area contributed by atoms with E-state index in [4.69, 9.17) is 46.4 Å². The van der Waals surface area contributed by atoms with Gasteiger partial charge in [0.15, 0.2) is 0 Å². The first-order valence-corrected chi connectivity index (χ1v) is 10.7. The number of sulfonamides is 1. The van der Waals surface area contributed by atoms with Gasteiger partial charge in [-0.15, -0.1) is 0 Å². The molecule has 0 radical (unpaired) electrons. The van der Waals surface area contributed by atoms with Crippen molar-refractivity contribution in [3.8, 4) is 0 Å². The number of hydrogen-bond donors (Lipinski definition) is 0. The van der Waals surface area contributed by atoms with Gasteiger partial charge in [-0.3, -0.25) is 4.31 Å². The molecule has 0 amide bonds. The van der Waals surface area contributed by atoms with E-state index in [1.165, 1.54) is 22.5 Å². The summed E-state index contributed by atoms with van der Waals surface area (Å²) in [6.07, 6.45) is 0. The number of hydrogen-bond acceptors (Lipinski definition) is 2. The van der Waals surface area contributed by atoms with Crippen LogP contribution in [-0.4, -0.2) is 8.42 Å². The van der Waals surface area contributed by atoms with Crippen molar-refractivity contribution in [2.24, 2.45) is 0 Å². The highest BCUT2D eigenvalue weighted by Gasteiger charge is 2.26. The van der Waals surface area contributed by atoms with E-state index >= 15 is 0 Å². The van der Waals surface area contributed by atoms with Gasteiger partial charge in [-0.2, -0.15) is 0 Å². The van der Waals surface area contributed by atoms with Crippen LogP contribution in [0.25, 0.3) is 0 Å². The number of benzene rings is 3. The summed E-state index contributed by atoms with van der Waals surface area (Å²) < 4.78 is 27.9. The topological polar surface area (TPSA) is 37.4 Å². The maximum atomic E-state index is 13.3. The highest BCUT2D eigenvalue weighted by atomic mass is 35.5. The molecule has 0 heterocycles. The molecule has 0 spiro atoms. The molecule has 0 aromatic heterocycles. The lowest BCUT2D eigenvalue weighted by Gasteiger charge is -2.25. The lowest BCUT2D eigenvalue weighted by molar-refractivity contribution is 0.590. The van der Waals surface area contributed by atoms with Gasteiger partial charge in [0.05, 0.1) is 37.2 Å². The number of nitrogens with zero attached hydrogens (tertiary/aromatic N) is 1. The molecular formula is C19H13Cl4NO2S. The summed E-state index contributed by atoms with van der Waals surface area (Å²) in [6, 6.07) is 18.0. The molecule has 0 N–H and O–H groups in total. The van der Waals surface area contributed by atoms with Gasteiger partial charge < -0.3 is 0 Å². The summed E-state index contributed by atoms with van der Waals surface area (Å²) in [6.45, 7) is 0.0729. The molecule has 0 saturated heterocycles. The normalized spacial score (nSPS) is 11.4. The Labute approximate surface area is 178 Å². The second kappa shape index (κ2) is 8.29. The predicted octanol–water partition coefficient (Wildman–Crippen LogP) is 6.70. The molecule has 3 aromatic carbocycles. The molecule has 3 rings (SSSR count). The summed E-state index contributed by atoms with van der Waals surface area (Å²) in [5.41, 5.74) is 1.20. The van der Waals surface area contributed by atoms with Gasteiger partial charge in [-0.1, -0.05) is 70.7 Å². The standard InChI is InChI=1S/C19H13Cl4NO2S/c20-16-8-6-13(10-18(16)22)12-24(14-4-2-1-3-5-14)27(25,26)15-7-9-17(21)19(23)11-15/h1-11H,12H2. The highest BCUT2D eigenvalue weighted by Crippen LogP contribution is 2.31. The summed E-state index contributed by atoms with van der Waals surface area (Å²) >= 11 is 24.0. The van der Waals surface area contributed by atoms with Gasteiger partial charge in [-0.05, 0) is 48.0 Å². The summed E-state index contributed by atoms with van der Waals surface area (Å²) in [5, 5.41) is 1.21. The quantitative estimate of drug-likeness (QED) is 0.425. The molecule has 0 bridgehead atoms. The SMILES string of the molecule is O=S(=O)(c1ccc(Cl)c(Cl)c1)N(Cc1ccc(Cl)c(Cl)c1)c1ccccc1. The first-order valence-electron chi connectivity index (χ1n) is 7.76. The Morgan fingerprint density at radius 2 is 1.30 bits per heavy atom. The van der Waals surface area contributed by atoms with Crippen LogP contribution in [0.2, 0.25) is 20.1 Å². The van der Waals surface area contributed by atoms with Crippen LogP contribution in [0.5, 0.6) is 0 Å². The van der Waals surface area contributed by atoms with Gasteiger partial charge in [0.2, 0.25) is 0 Å². The number of halogens is 4. The fourth-order valence-corrected chi connectivity index (χ4v) is 4.64. The Hall–Kier alpha value is -1.43. The third-order valence-corrected chi connectivity index (χ3v) is 7.08. The van der Waals surface area contributed by atoms with Crippen molar-refractivity contribution >= 4 is 62.1 Å². The van der Waals surface area contributed by atoms with Crippen LogP contribution in [-0.2, 0) is 16.6 Å². The van der Waals surface area contributed by atoms with Gasteiger partial charge in [0, 0.05) is 0 Å². The lowest BCUT2D eigenvalue weighted by Crippen LogP contribution is -2.30. The van der Waals surface area contributed by atoms with Crippen molar-refractivity contribution in [3.05, 3.63) is 92.4 Å². The zero-order valence-corrected chi connectivity index (χ0v) is 17.6. The number of rotatable bonds is 5. The average Bonchev–Trinajstić information content (AvgIpc) is 2.65. The van der Waals surface area contributed by atoms with E-state index in [2.05, 4.69) is 0 Å². The van der Waals surface area contributed by atoms with E-state index in [-0.39, 0.29) is 21.5 Å². The summed E-state index contributed by atoms with van der Waals surface area (Å²) in [5.74, 6) is 0. The molecule has 0 saturated carbocycles. The third-order valence-electron chi connectivity index (χ3n) is 3.83. The van der Waals surface area contributed by atoms with Crippen LogP contribution in [0, 0.1) is 0 Å². The van der Waals surface area contributed by atoms with Gasteiger partial charge in [-0.25, -0.2) is 8.42 Å². The fourth-order valence-electron chi connectivity index (χ4n) is 2.48. The maximum Gasteiger partial charge on any atom is 0.264 e. The number of anilines is 1. The minimum atomic E-state index is -3.90. The number of para-hydroxylation sites is 1. The van der Waals surface area contributed by atoms with Crippen LogP contribution >= 0.6 is 46.4 Å². The highest BCUT2D eigenvalue weighted by molar-refractivity contribution is 7.92. The molecule has 0 aliphatic carbocycles. The van der Waals surface area contributed by atoms with Crippen LogP contribution in [0.15, 0.2) is 71.6 Å². The Morgan fingerprint density at radius 3 is 1.89 bits per heavy atom. The van der Waals surface area contributed by atoms with Crippen molar-refractivity contribution in [2.75, 3.05) is 4.31 Å². The predicted molar refractivity (Wildman–Crippen MR) is 113 cm³/mol. The van der Waals surface area contributed by atoms with E-state index in [1.54, 1.807) is 42.5 Å². The molecule has 0 atom stereocenters. The minimum Gasteiger partial charge on any atom is -0.262 e. The first kappa shape index (κ1) is 20.3. The van der Waals surface area contributed by atoms with Crippen molar-refractivity contribution in [1.82, 2.24) is 0 Å². The molecule has 3 aromatic rings. The van der Waals surface area contributed by atoms with Crippen molar-refractivity contribution in [1.29, 1.82) is 0 Å². The molecule has 8 heteroatoms. The summed E-state index contributed by atoms with van der Waals surface area (Å²) in [7, 11) is -3.90.